The van der Waals surface area contributed by atoms with E-state index < -0.39 is 0 Å². The standard InChI is InChI=1S/C17H14FN3OS.BrH/c1-22-15-8-4-13(5-9-15)16-11-23-17(20-16)21-19-10-12-2-6-14(18)7-3-12;/h2-11H,1H3,(H,20,21);1H. The molecule has 0 aliphatic carbocycles. The van der Waals surface area contributed by atoms with E-state index in [1.807, 2.05) is 29.6 Å². The van der Waals surface area contributed by atoms with E-state index >= 15 is 0 Å². The topological polar surface area (TPSA) is 46.5 Å². The molecule has 0 saturated heterocycles. The number of ether oxygens (including phenoxy) is 1. The number of rotatable bonds is 5. The molecular formula is C17H15BrFN3OS. The van der Waals surface area contributed by atoms with Gasteiger partial charge in [0.2, 0.25) is 5.13 Å². The van der Waals surface area contributed by atoms with Crippen LogP contribution in [0.15, 0.2) is 59.0 Å². The van der Waals surface area contributed by atoms with Crippen molar-refractivity contribution >= 4 is 39.7 Å². The van der Waals surface area contributed by atoms with Gasteiger partial charge in [-0.2, -0.15) is 5.10 Å². The summed E-state index contributed by atoms with van der Waals surface area (Å²) in [4.78, 5) is 4.47. The SMILES string of the molecule is Br.COc1ccc(-c2csc(NN=Cc3ccc(F)cc3)n2)cc1. The Balaban J connectivity index is 0.00000208. The van der Waals surface area contributed by atoms with Crippen molar-refractivity contribution in [1.29, 1.82) is 0 Å². The first-order valence-electron chi connectivity index (χ1n) is 6.89. The van der Waals surface area contributed by atoms with Crippen LogP contribution in [-0.4, -0.2) is 18.3 Å². The van der Waals surface area contributed by atoms with Crippen molar-refractivity contribution < 1.29 is 9.13 Å². The van der Waals surface area contributed by atoms with Crippen LogP contribution in [0.25, 0.3) is 11.3 Å². The number of anilines is 1. The Morgan fingerprint density at radius 2 is 1.83 bits per heavy atom. The lowest BCUT2D eigenvalue weighted by atomic mass is 10.2. The van der Waals surface area contributed by atoms with Crippen LogP contribution in [-0.2, 0) is 0 Å². The summed E-state index contributed by atoms with van der Waals surface area (Å²) in [6.45, 7) is 0. The number of hydrogen-bond donors (Lipinski definition) is 1. The second-order valence-corrected chi connectivity index (χ2v) is 5.55. The van der Waals surface area contributed by atoms with E-state index in [-0.39, 0.29) is 22.8 Å². The van der Waals surface area contributed by atoms with Crippen LogP contribution in [0.2, 0.25) is 0 Å². The molecule has 0 aliphatic rings. The highest BCUT2D eigenvalue weighted by Gasteiger charge is 2.04. The van der Waals surface area contributed by atoms with Gasteiger partial charge >= 0.3 is 0 Å². The van der Waals surface area contributed by atoms with Crippen LogP contribution >= 0.6 is 28.3 Å². The Kier molecular flexibility index (Phi) is 6.45. The van der Waals surface area contributed by atoms with Crippen LogP contribution in [0.4, 0.5) is 9.52 Å². The molecule has 1 heterocycles. The molecule has 1 N–H and O–H groups in total. The summed E-state index contributed by atoms with van der Waals surface area (Å²) in [5, 5.41) is 6.75. The summed E-state index contributed by atoms with van der Waals surface area (Å²) in [7, 11) is 1.64. The molecule has 0 spiro atoms. The molecule has 1 aromatic heterocycles. The lowest BCUT2D eigenvalue weighted by Gasteiger charge is -2.00. The molecule has 3 rings (SSSR count). The fraction of sp³-hybridized carbons (Fsp3) is 0.0588. The highest BCUT2D eigenvalue weighted by Crippen LogP contribution is 2.26. The fourth-order valence-corrected chi connectivity index (χ4v) is 2.60. The average Bonchev–Trinajstić information content (AvgIpc) is 3.06. The maximum atomic E-state index is 12.8. The maximum Gasteiger partial charge on any atom is 0.203 e. The highest BCUT2D eigenvalue weighted by molar-refractivity contribution is 8.93. The van der Waals surface area contributed by atoms with Gasteiger partial charge in [0.25, 0.3) is 0 Å². The number of hydrazone groups is 1. The van der Waals surface area contributed by atoms with Crippen LogP contribution in [0.1, 0.15) is 5.56 Å². The number of halogens is 2. The third-order valence-electron chi connectivity index (χ3n) is 3.13. The molecule has 0 unspecified atom stereocenters. The van der Waals surface area contributed by atoms with Crippen molar-refractivity contribution in [3.8, 4) is 17.0 Å². The first-order valence-corrected chi connectivity index (χ1v) is 7.77. The van der Waals surface area contributed by atoms with E-state index in [1.165, 1.54) is 23.5 Å². The Morgan fingerprint density at radius 1 is 1.12 bits per heavy atom. The molecule has 0 bridgehead atoms. The summed E-state index contributed by atoms with van der Waals surface area (Å²) in [6.07, 6.45) is 1.62. The molecular weight excluding hydrogens is 393 g/mol. The van der Waals surface area contributed by atoms with Gasteiger partial charge in [-0.25, -0.2) is 9.37 Å². The summed E-state index contributed by atoms with van der Waals surface area (Å²) < 4.78 is 17.9. The molecule has 0 aliphatic heterocycles. The molecule has 7 heteroatoms. The molecule has 124 valence electrons. The van der Waals surface area contributed by atoms with Gasteiger partial charge in [0.1, 0.15) is 11.6 Å². The first kappa shape index (κ1) is 18.1. The third-order valence-corrected chi connectivity index (χ3v) is 3.88. The number of aromatic nitrogens is 1. The molecule has 0 radical (unpaired) electrons. The van der Waals surface area contributed by atoms with Gasteiger partial charge in [-0.1, -0.05) is 12.1 Å². The van der Waals surface area contributed by atoms with E-state index in [0.29, 0.717) is 5.13 Å². The Hall–Kier alpha value is -2.25. The van der Waals surface area contributed by atoms with Crippen LogP contribution in [0, 0.1) is 5.82 Å². The van der Waals surface area contributed by atoms with Crippen molar-refractivity contribution in [2.24, 2.45) is 5.10 Å². The predicted octanol–water partition coefficient (Wildman–Crippen LogP) is 4.98. The maximum absolute atomic E-state index is 12.8. The monoisotopic (exact) mass is 407 g/mol. The van der Waals surface area contributed by atoms with Crippen LogP contribution in [0.3, 0.4) is 0 Å². The van der Waals surface area contributed by atoms with Crippen LogP contribution < -0.4 is 10.2 Å². The lowest BCUT2D eigenvalue weighted by molar-refractivity contribution is 0.415. The van der Waals surface area contributed by atoms with Gasteiger partial charge in [-0.05, 0) is 42.0 Å². The van der Waals surface area contributed by atoms with Gasteiger partial charge in [-0.3, -0.25) is 5.43 Å². The minimum Gasteiger partial charge on any atom is -0.497 e. The van der Waals surface area contributed by atoms with E-state index in [2.05, 4.69) is 15.5 Å². The second kappa shape index (κ2) is 8.56. The van der Waals surface area contributed by atoms with Gasteiger partial charge in [-0.15, -0.1) is 28.3 Å². The molecule has 0 fully saturated rings. The van der Waals surface area contributed by atoms with Crippen molar-refractivity contribution in [3.63, 3.8) is 0 Å². The molecule has 2 aromatic carbocycles. The quantitative estimate of drug-likeness (QED) is 0.479. The molecule has 0 atom stereocenters. The van der Waals surface area contributed by atoms with Crippen molar-refractivity contribution in [3.05, 3.63) is 65.3 Å². The summed E-state index contributed by atoms with van der Waals surface area (Å²) in [6, 6.07) is 13.8. The number of hydrogen-bond acceptors (Lipinski definition) is 5. The van der Waals surface area contributed by atoms with Gasteiger partial charge < -0.3 is 4.74 Å². The lowest BCUT2D eigenvalue weighted by Crippen LogP contribution is -1.90. The largest absolute Gasteiger partial charge is 0.497 e. The zero-order valence-corrected chi connectivity index (χ0v) is 15.3. The molecule has 0 amide bonds. The number of thiazole rings is 1. The molecule has 24 heavy (non-hydrogen) atoms. The van der Waals surface area contributed by atoms with Crippen LogP contribution in [0.5, 0.6) is 5.75 Å². The fourth-order valence-electron chi connectivity index (χ4n) is 1.93. The van der Waals surface area contributed by atoms with Gasteiger partial charge in [0.15, 0.2) is 0 Å². The Bertz CT molecular complexity index is 803. The number of nitrogens with zero attached hydrogens (tertiary/aromatic N) is 2. The predicted molar refractivity (Wildman–Crippen MR) is 102 cm³/mol. The zero-order valence-electron chi connectivity index (χ0n) is 12.8. The Labute approximate surface area is 153 Å². The average molecular weight is 408 g/mol. The first-order chi connectivity index (χ1) is 11.2. The molecule has 4 nitrogen and oxygen atoms in total. The summed E-state index contributed by atoms with van der Waals surface area (Å²) >= 11 is 1.46. The highest BCUT2D eigenvalue weighted by atomic mass is 79.9. The van der Waals surface area contributed by atoms with E-state index in [4.69, 9.17) is 4.74 Å². The van der Waals surface area contributed by atoms with Gasteiger partial charge in [0, 0.05) is 10.9 Å². The van der Waals surface area contributed by atoms with Crippen molar-refractivity contribution in [2.45, 2.75) is 0 Å². The minimum atomic E-state index is -0.265. The summed E-state index contributed by atoms with van der Waals surface area (Å²) in [5.74, 6) is 0.547. The smallest absolute Gasteiger partial charge is 0.203 e. The number of nitrogens with one attached hydrogen (secondary N) is 1. The summed E-state index contributed by atoms with van der Waals surface area (Å²) in [5.41, 5.74) is 5.57. The Morgan fingerprint density at radius 3 is 2.50 bits per heavy atom. The van der Waals surface area contributed by atoms with E-state index in [0.717, 1.165) is 22.6 Å². The number of benzene rings is 2. The van der Waals surface area contributed by atoms with E-state index in [9.17, 15) is 4.39 Å². The minimum absolute atomic E-state index is 0. The van der Waals surface area contributed by atoms with Crippen molar-refractivity contribution in [2.75, 3.05) is 12.5 Å². The van der Waals surface area contributed by atoms with Gasteiger partial charge in [0.05, 0.1) is 19.0 Å². The number of methoxy groups -OCH3 is 1. The zero-order chi connectivity index (χ0) is 16.1. The van der Waals surface area contributed by atoms with E-state index in [1.54, 1.807) is 25.5 Å². The third kappa shape index (κ3) is 4.62. The molecule has 3 aromatic rings. The normalized spacial score (nSPS) is 10.4. The molecule has 0 saturated carbocycles. The second-order valence-electron chi connectivity index (χ2n) is 4.69. The van der Waals surface area contributed by atoms with Crippen molar-refractivity contribution in [1.82, 2.24) is 4.98 Å².